The Balaban J connectivity index is 1.49. The Morgan fingerprint density at radius 2 is 1.83 bits per heavy atom. The Morgan fingerprint density at radius 3 is 2.63 bits per heavy atom. The van der Waals surface area contributed by atoms with Crippen molar-refractivity contribution in [2.24, 2.45) is 4.99 Å². The quantitative estimate of drug-likeness (QED) is 0.565. The third kappa shape index (κ3) is 4.54. The van der Waals surface area contributed by atoms with Crippen molar-refractivity contribution in [3.63, 3.8) is 0 Å². The van der Waals surface area contributed by atoms with Crippen LogP contribution in [-0.2, 0) is 16.7 Å². The highest BCUT2D eigenvalue weighted by atomic mass is 16.7. The van der Waals surface area contributed by atoms with Gasteiger partial charge < -0.3 is 24.8 Å². The molecule has 2 aromatic carbocycles. The number of benzene rings is 2. The van der Waals surface area contributed by atoms with E-state index < -0.39 is 0 Å². The molecule has 0 bridgehead atoms. The summed E-state index contributed by atoms with van der Waals surface area (Å²) in [5.74, 6) is 2.42. The smallest absolute Gasteiger partial charge is 0.231 e. The normalized spacial score (nSPS) is 17.6. The molecule has 0 spiro atoms. The van der Waals surface area contributed by atoms with Crippen molar-refractivity contribution < 1.29 is 14.2 Å². The van der Waals surface area contributed by atoms with E-state index in [1.54, 1.807) is 0 Å². The first-order valence-electron chi connectivity index (χ1n) is 10.7. The molecule has 1 saturated heterocycles. The van der Waals surface area contributed by atoms with Crippen LogP contribution in [0.15, 0.2) is 47.5 Å². The molecule has 30 heavy (non-hydrogen) atoms. The fourth-order valence-electron chi connectivity index (χ4n) is 4.28. The Labute approximate surface area is 178 Å². The van der Waals surface area contributed by atoms with Crippen LogP contribution in [0.3, 0.4) is 0 Å². The van der Waals surface area contributed by atoms with Crippen molar-refractivity contribution in [1.29, 1.82) is 0 Å². The molecule has 0 saturated carbocycles. The van der Waals surface area contributed by atoms with E-state index in [2.05, 4.69) is 48.7 Å². The van der Waals surface area contributed by atoms with Crippen LogP contribution < -0.4 is 20.1 Å². The predicted octanol–water partition coefficient (Wildman–Crippen LogP) is 3.53. The number of fused-ring (bicyclic) bond motifs is 1. The number of ether oxygens (including phenoxy) is 3. The zero-order valence-corrected chi connectivity index (χ0v) is 17.9. The Bertz CT molecular complexity index is 891. The number of nitrogens with one attached hydrogen (secondary N) is 2. The molecule has 0 aromatic heterocycles. The van der Waals surface area contributed by atoms with Gasteiger partial charge >= 0.3 is 0 Å². The van der Waals surface area contributed by atoms with Gasteiger partial charge in [0.1, 0.15) is 0 Å². The van der Waals surface area contributed by atoms with Crippen LogP contribution in [0.2, 0.25) is 0 Å². The van der Waals surface area contributed by atoms with Gasteiger partial charge in [-0.25, -0.2) is 4.99 Å². The summed E-state index contributed by atoms with van der Waals surface area (Å²) in [6.07, 6.45) is 2.01. The van der Waals surface area contributed by atoms with Crippen molar-refractivity contribution in [1.82, 2.24) is 10.6 Å². The van der Waals surface area contributed by atoms with Gasteiger partial charge in [0, 0.05) is 31.7 Å². The van der Waals surface area contributed by atoms with Gasteiger partial charge in [0.05, 0.1) is 6.54 Å². The molecule has 0 atom stereocenters. The molecule has 0 radical (unpaired) electrons. The molecule has 6 heteroatoms. The topological polar surface area (TPSA) is 64.1 Å². The SMILES string of the molecule is CCNC(=NCc1ccc2c(c1)OCO2)NCC1(c2ccccc2C)CCOCC1. The van der Waals surface area contributed by atoms with Crippen molar-refractivity contribution >= 4 is 5.96 Å². The largest absolute Gasteiger partial charge is 0.454 e. The summed E-state index contributed by atoms with van der Waals surface area (Å²) in [6, 6.07) is 14.7. The lowest BCUT2D eigenvalue weighted by atomic mass is 9.72. The summed E-state index contributed by atoms with van der Waals surface area (Å²) >= 11 is 0. The van der Waals surface area contributed by atoms with E-state index in [0.717, 1.165) is 62.2 Å². The second-order valence-corrected chi connectivity index (χ2v) is 7.94. The van der Waals surface area contributed by atoms with E-state index in [0.29, 0.717) is 6.54 Å². The monoisotopic (exact) mass is 409 g/mol. The van der Waals surface area contributed by atoms with Gasteiger partial charge in [0.2, 0.25) is 6.79 Å². The number of nitrogens with zero attached hydrogens (tertiary/aromatic N) is 1. The average Bonchev–Trinajstić information content (AvgIpc) is 3.24. The van der Waals surface area contributed by atoms with Crippen LogP contribution >= 0.6 is 0 Å². The Morgan fingerprint density at radius 1 is 1.03 bits per heavy atom. The van der Waals surface area contributed by atoms with Crippen LogP contribution in [0.25, 0.3) is 0 Å². The molecule has 2 N–H and O–H groups in total. The highest BCUT2D eigenvalue weighted by molar-refractivity contribution is 5.80. The van der Waals surface area contributed by atoms with E-state index in [1.807, 2.05) is 18.2 Å². The van der Waals surface area contributed by atoms with Gasteiger partial charge in [0.15, 0.2) is 17.5 Å². The summed E-state index contributed by atoms with van der Waals surface area (Å²) in [4.78, 5) is 4.81. The van der Waals surface area contributed by atoms with Crippen molar-refractivity contribution in [2.75, 3.05) is 33.1 Å². The van der Waals surface area contributed by atoms with Crippen LogP contribution in [0, 0.1) is 6.92 Å². The standard InChI is InChI=1S/C24H31N3O3/c1-3-25-23(26-15-19-8-9-21-22(14-19)30-17-29-21)27-16-24(10-12-28-13-11-24)20-7-5-4-6-18(20)2/h4-9,14H,3,10-13,15-17H2,1-2H3,(H2,25,26,27). The lowest BCUT2D eigenvalue weighted by Gasteiger charge is -2.39. The van der Waals surface area contributed by atoms with E-state index >= 15 is 0 Å². The van der Waals surface area contributed by atoms with Gasteiger partial charge in [0.25, 0.3) is 0 Å². The number of rotatable bonds is 6. The van der Waals surface area contributed by atoms with Gasteiger partial charge in [-0.3, -0.25) is 0 Å². The van der Waals surface area contributed by atoms with Crippen molar-refractivity contribution in [3.05, 3.63) is 59.2 Å². The van der Waals surface area contributed by atoms with Crippen molar-refractivity contribution in [2.45, 2.75) is 38.6 Å². The van der Waals surface area contributed by atoms with E-state index in [9.17, 15) is 0 Å². The minimum Gasteiger partial charge on any atom is -0.454 e. The zero-order chi connectivity index (χ0) is 20.8. The molecule has 2 aliphatic rings. The molecule has 0 aliphatic carbocycles. The van der Waals surface area contributed by atoms with E-state index in [1.165, 1.54) is 11.1 Å². The molecule has 160 valence electrons. The van der Waals surface area contributed by atoms with E-state index in [-0.39, 0.29) is 12.2 Å². The van der Waals surface area contributed by atoms with Gasteiger partial charge in [-0.15, -0.1) is 0 Å². The minimum absolute atomic E-state index is 0.0541. The zero-order valence-electron chi connectivity index (χ0n) is 17.9. The summed E-state index contributed by atoms with van der Waals surface area (Å²) in [5, 5.41) is 6.99. The van der Waals surface area contributed by atoms with Crippen LogP contribution in [0.5, 0.6) is 11.5 Å². The highest BCUT2D eigenvalue weighted by Crippen LogP contribution is 2.36. The van der Waals surface area contributed by atoms with E-state index in [4.69, 9.17) is 19.2 Å². The number of aliphatic imine (C=N–C) groups is 1. The second-order valence-electron chi connectivity index (χ2n) is 7.94. The highest BCUT2D eigenvalue weighted by Gasteiger charge is 2.35. The van der Waals surface area contributed by atoms with Crippen LogP contribution in [0.4, 0.5) is 0 Å². The molecular formula is C24H31N3O3. The molecule has 6 nitrogen and oxygen atoms in total. The van der Waals surface area contributed by atoms with Crippen LogP contribution in [0.1, 0.15) is 36.5 Å². The number of aryl methyl sites for hydroxylation is 1. The van der Waals surface area contributed by atoms with Gasteiger partial charge in [-0.1, -0.05) is 30.3 Å². The summed E-state index contributed by atoms with van der Waals surface area (Å²) < 4.78 is 16.6. The fraction of sp³-hybridized carbons (Fsp3) is 0.458. The summed E-state index contributed by atoms with van der Waals surface area (Å²) in [5.41, 5.74) is 3.89. The molecule has 2 aromatic rings. The van der Waals surface area contributed by atoms with Crippen molar-refractivity contribution in [3.8, 4) is 11.5 Å². The molecule has 0 amide bonds. The molecule has 0 unspecified atom stereocenters. The summed E-state index contributed by atoms with van der Waals surface area (Å²) in [6.45, 7) is 8.38. The lowest BCUT2D eigenvalue weighted by molar-refractivity contribution is 0.0512. The molecule has 2 aliphatic heterocycles. The number of hydrogen-bond acceptors (Lipinski definition) is 4. The molecule has 1 fully saturated rings. The second kappa shape index (κ2) is 9.39. The Hall–Kier alpha value is -2.73. The van der Waals surface area contributed by atoms with Gasteiger partial charge in [-0.05, 0) is 55.5 Å². The maximum Gasteiger partial charge on any atom is 0.231 e. The third-order valence-electron chi connectivity index (χ3n) is 5.96. The first-order chi connectivity index (χ1) is 14.7. The first kappa shape index (κ1) is 20.5. The fourth-order valence-corrected chi connectivity index (χ4v) is 4.28. The molecule has 2 heterocycles. The first-order valence-corrected chi connectivity index (χ1v) is 10.7. The third-order valence-corrected chi connectivity index (χ3v) is 5.96. The average molecular weight is 410 g/mol. The summed E-state index contributed by atoms with van der Waals surface area (Å²) in [7, 11) is 0. The number of hydrogen-bond donors (Lipinski definition) is 2. The van der Waals surface area contributed by atoms with Crippen LogP contribution in [-0.4, -0.2) is 39.1 Å². The number of guanidine groups is 1. The predicted molar refractivity (Wildman–Crippen MR) is 118 cm³/mol. The Kier molecular flexibility index (Phi) is 6.43. The molecular weight excluding hydrogens is 378 g/mol. The minimum atomic E-state index is 0.0541. The maximum absolute atomic E-state index is 5.69. The van der Waals surface area contributed by atoms with Gasteiger partial charge in [-0.2, -0.15) is 0 Å². The lowest BCUT2D eigenvalue weighted by Crippen LogP contribution is -2.48. The maximum atomic E-state index is 5.69. The molecule has 4 rings (SSSR count).